The number of anilines is 3. The van der Waals surface area contributed by atoms with E-state index in [-0.39, 0.29) is 0 Å². The maximum atomic E-state index is 6.64. The molecule has 0 saturated carbocycles. The van der Waals surface area contributed by atoms with Crippen LogP contribution < -0.4 is 4.90 Å². The van der Waals surface area contributed by atoms with Gasteiger partial charge < -0.3 is 13.7 Å². The molecule has 0 aliphatic heterocycles. The van der Waals surface area contributed by atoms with E-state index in [1.165, 1.54) is 49.9 Å². The average Bonchev–Trinajstić information content (AvgIpc) is 4.06. The third-order valence-corrected chi connectivity index (χ3v) is 13.7. The lowest BCUT2D eigenvalue weighted by Crippen LogP contribution is -2.26. The predicted octanol–water partition coefficient (Wildman–Crippen LogP) is 16.1. The highest BCUT2D eigenvalue weighted by Crippen LogP contribution is 2.63. The molecule has 14 rings (SSSR count). The second kappa shape index (κ2) is 12.4. The largest absolute Gasteiger partial charge is 0.456 e. The molecule has 0 radical (unpaired) electrons. The number of fused-ring (bicyclic) bond motifs is 17. The van der Waals surface area contributed by atoms with Crippen LogP contribution in [0.3, 0.4) is 0 Å². The van der Waals surface area contributed by atoms with Gasteiger partial charge in [-0.05, 0) is 115 Å². The summed E-state index contributed by atoms with van der Waals surface area (Å²) >= 11 is 0. The van der Waals surface area contributed by atoms with Gasteiger partial charge in [0.15, 0.2) is 0 Å². The summed E-state index contributed by atoms with van der Waals surface area (Å²) < 4.78 is 13.2. The van der Waals surface area contributed by atoms with Crippen molar-refractivity contribution in [2.24, 2.45) is 0 Å². The van der Waals surface area contributed by atoms with Crippen LogP contribution in [-0.2, 0) is 5.41 Å². The minimum atomic E-state index is -0.479. The van der Waals surface area contributed by atoms with Gasteiger partial charge >= 0.3 is 0 Å². The Morgan fingerprint density at radius 1 is 0.306 bits per heavy atom. The Morgan fingerprint density at radius 3 is 1.58 bits per heavy atom. The fourth-order valence-electron chi connectivity index (χ4n) is 11.1. The Kier molecular flexibility index (Phi) is 6.76. The Labute approximate surface area is 357 Å². The highest BCUT2D eigenvalue weighted by atomic mass is 16.3. The molecule has 3 heteroatoms. The number of hydrogen-bond acceptors (Lipinski definition) is 3. The fourth-order valence-corrected chi connectivity index (χ4v) is 11.1. The van der Waals surface area contributed by atoms with E-state index in [2.05, 4.69) is 211 Å². The molecule has 2 heterocycles. The summed E-state index contributed by atoms with van der Waals surface area (Å²) in [5, 5.41) is 6.78. The van der Waals surface area contributed by atoms with Crippen molar-refractivity contribution in [3.63, 3.8) is 0 Å². The zero-order chi connectivity index (χ0) is 40.5. The molecule has 2 aliphatic rings. The predicted molar refractivity (Wildman–Crippen MR) is 255 cm³/mol. The molecule has 62 heavy (non-hydrogen) atoms. The van der Waals surface area contributed by atoms with Crippen LogP contribution in [0.1, 0.15) is 22.3 Å². The minimum Gasteiger partial charge on any atom is -0.456 e. The van der Waals surface area contributed by atoms with Crippen molar-refractivity contribution in [1.29, 1.82) is 0 Å². The molecule has 2 aliphatic carbocycles. The number of hydrogen-bond donors (Lipinski definition) is 0. The molecular formula is C59H35NO2. The first kappa shape index (κ1) is 33.7. The molecule has 0 bridgehead atoms. The topological polar surface area (TPSA) is 29.5 Å². The van der Waals surface area contributed by atoms with Crippen LogP contribution in [0.5, 0.6) is 0 Å². The SMILES string of the molecule is c1ccc(N(c2ccc3c(c2)C2(c4ccccc4-c4ccccc42)c2ccccc2-3)c2ccc3c(c2)oc2ccccc23)c(-c2cccc3oc4cc5ccccc5cc4c23)c1. The molecule has 0 fully saturated rings. The molecular weight excluding hydrogens is 755 g/mol. The highest BCUT2D eigenvalue weighted by molar-refractivity contribution is 6.17. The molecule has 1 spiro atoms. The van der Waals surface area contributed by atoms with Crippen molar-refractivity contribution in [3.05, 3.63) is 235 Å². The molecule has 0 N–H and O–H groups in total. The third kappa shape index (κ3) is 4.44. The van der Waals surface area contributed by atoms with Crippen LogP contribution in [0.4, 0.5) is 17.1 Å². The van der Waals surface area contributed by atoms with Crippen molar-refractivity contribution >= 4 is 71.7 Å². The van der Waals surface area contributed by atoms with Gasteiger partial charge in [0.2, 0.25) is 0 Å². The third-order valence-electron chi connectivity index (χ3n) is 13.7. The van der Waals surface area contributed by atoms with Gasteiger partial charge in [-0.2, -0.15) is 0 Å². The Morgan fingerprint density at radius 2 is 0.823 bits per heavy atom. The Balaban J connectivity index is 1.05. The summed E-state index contributed by atoms with van der Waals surface area (Å²) in [6.07, 6.45) is 0. The molecule has 288 valence electrons. The summed E-state index contributed by atoms with van der Waals surface area (Å²) in [5.41, 5.74) is 18.8. The summed E-state index contributed by atoms with van der Waals surface area (Å²) in [5.74, 6) is 0. The molecule has 0 unspecified atom stereocenters. The lowest BCUT2D eigenvalue weighted by molar-refractivity contribution is 0.669. The summed E-state index contributed by atoms with van der Waals surface area (Å²) in [6, 6.07) is 77.4. The van der Waals surface area contributed by atoms with E-state index in [4.69, 9.17) is 8.83 Å². The number of para-hydroxylation sites is 2. The first-order valence-electron chi connectivity index (χ1n) is 21.3. The van der Waals surface area contributed by atoms with Gasteiger partial charge in [-0.15, -0.1) is 0 Å². The van der Waals surface area contributed by atoms with Crippen LogP contribution in [-0.4, -0.2) is 0 Å². The summed E-state index contributed by atoms with van der Waals surface area (Å²) in [7, 11) is 0. The first-order valence-corrected chi connectivity index (χ1v) is 21.3. The number of nitrogens with zero attached hydrogens (tertiary/aromatic N) is 1. The van der Waals surface area contributed by atoms with Crippen molar-refractivity contribution in [2.45, 2.75) is 5.41 Å². The van der Waals surface area contributed by atoms with E-state index in [1.54, 1.807) is 0 Å². The van der Waals surface area contributed by atoms with E-state index in [9.17, 15) is 0 Å². The summed E-state index contributed by atoms with van der Waals surface area (Å²) in [6.45, 7) is 0. The average molecular weight is 790 g/mol. The highest BCUT2D eigenvalue weighted by Gasteiger charge is 2.51. The molecule has 12 aromatic rings. The van der Waals surface area contributed by atoms with E-state index in [0.29, 0.717) is 0 Å². The second-order valence-corrected chi connectivity index (χ2v) is 16.7. The van der Waals surface area contributed by atoms with E-state index in [0.717, 1.165) is 77.5 Å². The lowest BCUT2D eigenvalue weighted by Gasteiger charge is -2.32. The first-order chi connectivity index (χ1) is 30.7. The monoisotopic (exact) mass is 789 g/mol. The van der Waals surface area contributed by atoms with Gasteiger partial charge in [-0.25, -0.2) is 0 Å². The van der Waals surface area contributed by atoms with E-state index in [1.807, 2.05) is 6.07 Å². The second-order valence-electron chi connectivity index (χ2n) is 16.7. The summed E-state index contributed by atoms with van der Waals surface area (Å²) in [4.78, 5) is 2.43. The number of rotatable bonds is 4. The van der Waals surface area contributed by atoms with Crippen LogP contribution >= 0.6 is 0 Å². The quantitative estimate of drug-likeness (QED) is 0.178. The van der Waals surface area contributed by atoms with Gasteiger partial charge in [0, 0.05) is 44.5 Å². The smallest absolute Gasteiger partial charge is 0.137 e. The van der Waals surface area contributed by atoms with Crippen molar-refractivity contribution in [2.75, 3.05) is 4.90 Å². The number of benzene rings is 10. The van der Waals surface area contributed by atoms with Gasteiger partial charge in [0.1, 0.15) is 22.3 Å². The van der Waals surface area contributed by atoms with Crippen LogP contribution in [0.25, 0.3) is 88.0 Å². The van der Waals surface area contributed by atoms with E-state index >= 15 is 0 Å². The molecule has 3 nitrogen and oxygen atoms in total. The molecule has 10 aromatic carbocycles. The maximum Gasteiger partial charge on any atom is 0.137 e. The normalized spacial score (nSPS) is 13.3. The van der Waals surface area contributed by atoms with Crippen molar-refractivity contribution in [3.8, 4) is 33.4 Å². The van der Waals surface area contributed by atoms with Gasteiger partial charge in [-0.3, -0.25) is 0 Å². The van der Waals surface area contributed by atoms with Crippen LogP contribution in [0.2, 0.25) is 0 Å². The minimum absolute atomic E-state index is 0.479. The lowest BCUT2D eigenvalue weighted by atomic mass is 9.70. The maximum absolute atomic E-state index is 6.64. The Bertz CT molecular complexity index is 3780. The van der Waals surface area contributed by atoms with Gasteiger partial charge in [0.05, 0.1) is 11.1 Å². The van der Waals surface area contributed by atoms with Crippen LogP contribution in [0, 0.1) is 0 Å². The number of furan rings is 2. The zero-order valence-electron chi connectivity index (χ0n) is 33.5. The molecule has 0 saturated heterocycles. The van der Waals surface area contributed by atoms with Gasteiger partial charge in [0.25, 0.3) is 0 Å². The van der Waals surface area contributed by atoms with Crippen LogP contribution in [0.15, 0.2) is 221 Å². The van der Waals surface area contributed by atoms with E-state index < -0.39 is 5.41 Å². The van der Waals surface area contributed by atoms with Crippen molar-refractivity contribution in [1.82, 2.24) is 0 Å². The molecule has 0 amide bonds. The molecule has 0 atom stereocenters. The van der Waals surface area contributed by atoms with Gasteiger partial charge in [-0.1, -0.05) is 152 Å². The van der Waals surface area contributed by atoms with Crippen molar-refractivity contribution < 1.29 is 8.83 Å². The fraction of sp³-hybridized carbons (Fsp3) is 0.0169. The molecule has 2 aromatic heterocycles. The Hall–Kier alpha value is -8.14. The zero-order valence-corrected chi connectivity index (χ0v) is 33.5. The standard InChI is InChI=1S/C59H35NO2/c1-2-15-37-33-56-48(32-36(37)14-1)58-47(21-13-27-55(58)62-56)44-19-6-11-25-53(44)60(39-29-31-46-45-20-7-12-26-54(45)61-57(46)35-39)38-28-30-43-42-18-5-10-24-51(42)59(52(43)34-38)49-22-8-3-16-40(49)41-17-4-9-23-50(41)59/h1-35H.